The van der Waals surface area contributed by atoms with Gasteiger partial charge >= 0.3 is 0 Å². The highest BCUT2D eigenvalue weighted by Crippen LogP contribution is 2.32. The number of benzene rings is 1. The van der Waals surface area contributed by atoms with Gasteiger partial charge in [-0.15, -0.1) is 0 Å². The molecule has 0 aliphatic rings. The normalized spacial score (nSPS) is 11.0. The van der Waals surface area contributed by atoms with Crippen molar-refractivity contribution in [1.82, 2.24) is 25.1 Å². The molecule has 0 spiro atoms. The van der Waals surface area contributed by atoms with E-state index in [1.807, 2.05) is 60.9 Å². The molecule has 0 aliphatic carbocycles. The maximum absolute atomic E-state index is 4.94. The van der Waals surface area contributed by atoms with Crippen molar-refractivity contribution in [2.24, 2.45) is 0 Å². The number of rotatable bonds is 3. The van der Waals surface area contributed by atoms with Crippen LogP contribution in [0.25, 0.3) is 44.7 Å². The second-order valence-electron chi connectivity index (χ2n) is 6.18. The van der Waals surface area contributed by atoms with Crippen LogP contribution in [0.3, 0.4) is 0 Å². The summed E-state index contributed by atoms with van der Waals surface area (Å²) >= 11 is 0. The maximum Gasteiger partial charge on any atom is 0.0972 e. The van der Waals surface area contributed by atoms with Crippen molar-refractivity contribution in [2.75, 3.05) is 0 Å². The predicted octanol–water partition coefficient (Wildman–Crippen LogP) is 4.75. The largest absolute Gasteiger partial charge is 0.277 e. The summed E-state index contributed by atoms with van der Waals surface area (Å²) in [5.74, 6) is 0. The van der Waals surface area contributed by atoms with E-state index in [2.05, 4.69) is 32.3 Å². The highest BCUT2D eigenvalue weighted by Gasteiger charge is 2.13. The lowest BCUT2D eigenvalue weighted by Crippen LogP contribution is -1.91. The molecule has 1 N–H and O–H groups in total. The molecule has 5 nitrogen and oxygen atoms in total. The van der Waals surface area contributed by atoms with E-state index in [1.54, 1.807) is 12.4 Å². The Kier molecular flexibility index (Phi) is 3.68. The summed E-state index contributed by atoms with van der Waals surface area (Å²) in [4.78, 5) is 13.5. The van der Waals surface area contributed by atoms with Crippen LogP contribution in [-0.4, -0.2) is 25.1 Å². The number of nitrogens with one attached hydrogen (secondary N) is 1. The number of H-pyrrole nitrogens is 1. The smallest absolute Gasteiger partial charge is 0.0972 e. The molecule has 0 fully saturated rings. The summed E-state index contributed by atoms with van der Waals surface area (Å²) in [7, 11) is 0. The fraction of sp³-hybridized carbons (Fsp3) is 0. The molecule has 0 saturated heterocycles. The number of fused-ring (bicyclic) bond motifs is 1. The minimum atomic E-state index is 0.859. The number of nitrogens with zero attached hydrogens (tertiary/aromatic N) is 4. The monoisotopic (exact) mass is 349 g/mol. The molecular formula is C22H15N5. The topological polar surface area (TPSA) is 67.3 Å². The summed E-state index contributed by atoms with van der Waals surface area (Å²) in [6.45, 7) is 0. The standard InChI is InChI=1S/C22H15N5/c1-2-4-16(5-3-1)21-18(14-25-27-21)19-6-7-20-22(26-19)17(10-13-24-20)15-8-11-23-12-9-15/h1-14H,(H,25,27). The Bertz CT molecular complexity index is 1210. The van der Waals surface area contributed by atoms with E-state index in [1.165, 1.54) is 0 Å². The second kappa shape index (κ2) is 6.46. The maximum atomic E-state index is 4.94. The lowest BCUT2D eigenvalue weighted by molar-refractivity contribution is 1.10. The van der Waals surface area contributed by atoms with Crippen LogP contribution in [0.15, 0.2) is 85.5 Å². The van der Waals surface area contributed by atoms with Crippen molar-refractivity contribution in [2.45, 2.75) is 0 Å². The van der Waals surface area contributed by atoms with Crippen LogP contribution < -0.4 is 0 Å². The van der Waals surface area contributed by atoms with Gasteiger partial charge in [0.05, 0.1) is 28.6 Å². The molecule has 0 amide bonds. The molecule has 5 heteroatoms. The van der Waals surface area contributed by atoms with Gasteiger partial charge in [0.1, 0.15) is 0 Å². The number of aromatic nitrogens is 5. The van der Waals surface area contributed by atoms with E-state index < -0.39 is 0 Å². The Morgan fingerprint density at radius 3 is 2.41 bits per heavy atom. The first-order chi connectivity index (χ1) is 13.4. The van der Waals surface area contributed by atoms with Crippen molar-refractivity contribution in [3.05, 3.63) is 85.5 Å². The highest BCUT2D eigenvalue weighted by atomic mass is 15.1. The van der Waals surface area contributed by atoms with Crippen molar-refractivity contribution < 1.29 is 0 Å². The molecule has 0 saturated carbocycles. The lowest BCUT2D eigenvalue weighted by Gasteiger charge is -2.08. The van der Waals surface area contributed by atoms with Gasteiger partial charge in [0.2, 0.25) is 0 Å². The van der Waals surface area contributed by atoms with Crippen LogP contribution in [0.2, 0.25) is 0 Å². The summed E-state index contributed by atoms with van der Waals surface area (Å²) in [6.07, 6.45) is 7.20. The van der Waals surface area contributed by atoms with E-state index in [0.29, 0.717) is 0 Å². The molecule has 5 aromatic rings. The van der Waals surface area contributed by atoms with Crippen LogP contribution in [-0.2, 0) is 0 Å². The van der Waals surface area contributed by atoms with Crippen LogP contribution in [0.5, 0.6) is 0 Å². The molecule has 0 bridgehead atoms. The third-order valence-electron chi connectivity index (χ3n) is 4.55. The van der Waals surface area contributed by atoms with Gasteiger partial charge in [-0.05, 0) is 35.9 Å². The number of aromatic amines is 1. The Labute approximate surface area is 155 Å². The zero-order chi connectivity index (χ0) is 18.1. The number of hydrogen-bond donors (Lipinski definition) is 1. The first kappa shape index (κ1) is 15.4. The van der Waals surface area contributed by atoms with E-state index in [4.69, 9.17) is 4.98 Å². The molecule has 0 atom stereocenters. The van der Waals surface area contributed by atoms with Gasteiger partial charge < -0.3 is 0 Å². The summed E-state index contributed by atoms with van der Waals surface area (Å²) in [6, 6.07) is 20.1. The average Bonchev–Trinajstić information content (AvgIpc) is 3.24. The number of hydrogen-bond acceptors (Lipinski definition) is 4. The minimum Gasteiger partial charge on any atom is -0.277 e. The fourth-order valence-corrected chi connectivity index (χ4v) is 3.24. The van der Waals surface area contributed by atoms with Crippen LogP contribution in [0, 0.1) is 0 Å². The van der Waals surface area contributed by atoms with E-state index in [-0.39, 0.29) is 0 Å². The minimum absolute atomic E-state index is 0.859. The summed E-state index contributed by atoms with van der Waals surface area (Å²) in [5.41, 5.74) is 7.68. The Morgan fingerprint density at radius 1 is 0.704 bits per heavy atom. The molecule has 4 heterocycles. The molecule has 27 heavy (non-hydrogen) atoms. The molecule has 4 aromatic heterocycles. The van der Waals surface area contributed by atoms with Gasteiger partial charge in [0.25, 0.3) is 0 Å². The molecule has 0 aliphatic heterocycles. The highest BCUT2D eigenvalue weighted by molar-refractivity contribution is 5.93. The molecule has 0 unspecified atom stereocenters. The first-order valence-electron chi connectivity index (χ1n) is 8.65. The first-order valence-corrected chi connectivity index (χ1v) is 8.65. The van der Waals surface area contributed by atoms with Gasteiger partial charge in [-0.2, -0.15) is 5.10 Å². The third-order valence-corrected chi connectivity index (χ3v) is 4.55. The SMILES string of the molecule is c1ccc(-c2[nH]ncc2-c2ccc3nccc(-c4ccncc4)c3n2)cc1. The van der Waals surface area contributed by atoms with Gasteiger partial charge in [0.15, 0.2) is 0 Å². The van der Waals surface area contributed by atoms with Crippen LogP contribution in [0.1, 0.15) is 0 Å². The summed E-state index contributed by atoms with van der Waals surface area (Å²) in [5, 5.41) is 7.35. The van der Waals surface area contributed by atoms with Crippen molar-refractivity contribution in [1.29, 1.82) is 0 Å². The third kappa shape index (κ3) is 2.75. The Hall–Kier alpha value is -3.86. The Balaban J connectivity index is 1.70. The predicted molar refractivity (Wildman–Crippen MR) is 106 cm³/mol. The van der Waals surface area contributed by atoms with Gasteiger partial charge in [-0.1, -0.05) is 30.3 Å². The lowest BCUT2D eigenvalue weighted by atomic mass is 10.0. The molecule has 0 radical (unpaired) electrons. The van der Waals surface area contributed by atoms with E-state index >= 15 is 0 Å². The zero-order valence-electron chi connectivity index (χ0n) is 14.4. The summed E-state index contributed by atoms with van der Waals surface area (Å²) < 4.78 is 0. The van der Waals surface area contributed by atoms with Gasteiger partial charge in [0, 0.05) is 35.3 Å². The van der Waals surface area contributed by atoms with Gasteiger partial charge in [-0.3, -0.25) is 15.1 Å². The molecule has 1 aromatic carbocycles. The molecule has 5 rings (SSSR count). The second-order valence-corrected chi connectivity index (χ2v) is 6.18. The number of pyridine rings is 3. The van der Waals surface area contributed by atoms with Crippen molar-refractivity contribution in [3.8, 4) is 33.6 Å². The van der Waals surface area contributed by atoms with Crippen LogP contribution in [0.4, 0.5) is 0 Å². The zero-order valence-corrected chi connectivity index (χ0v) is 14.4. The Morgan fingerprint density at radius 2 is 1.56 bits per heavy atom. The quantitative estimate of drug-likeness (QED) is 0.510. The molecular weight excluding hydrogens is 334 g/mol. The van der Waals surface area contributed by atoms with E-state index in [9.17, 15) is 0 Å². The average molecular weight is 349 g/mol. The van der Waals surface area contributed by atoms with Crippen molar-refractivity contribution >= 4 is 11.0 Å². The molecule has 128 valence electrons. The van der Waals surface area contributed by atoms with Crippen LogP contribution >= 0.6 is 0 Å². The fourth-order valence-electron chi connectivity index (χ4n) is 3.24. The van der Waals surface area contributed by atoms with Crippen molar-refractivity contribution in [3.63, 3.8) is 0 Å². The van der Waals surface area contributed by atoms with E-state index in [0.717, 1.165) is 44.7 Å². The van der Waals surface area contributed by atoms with Gasteiger partial charge in [-0.25, -0.2) is 4.98 Å².